The summed E-state index contributed by atoms with van der Waals surface area (Å²) in [4.78, 5) is 26.0. The minimum Gasteiger partial charge on any atom is -0.373 e. The Hall–Kier alpha value is -1.19. The van der Waals surface area contributed by atoms with E-state index in [0.717, 1.165) is 25.9 Å². The molecule has 0 aromatic carbocycles. The Morgan fingerprint density at radius 2 is 1.64 bits per heavy atom. The topological polar surface area (TPSA) is 96.0 Å². The van der Waals surface area contributed by atoms with Gasteiger partial charge in [0.1, 0.15) is 0 Å². The third-order valence-electron chi connectivity index (χ3n) is 4.60. The molecule has 2 atom stereocenters. The fourth-order valence-corrected chi connectivity index (χ4v) is 4.85. The molecule has 1 aliphatic rings. The van der Waals surface area contributed by atoms with Gasteiger partial charge >= 0.3 is 0 Å². The molecule has 8 nitrogen and oxygen atoms in total. The van der Waals surface area contributed by atoms with Crippen molar-refractivity contribution in [1.29, 1.82) is 0 Å². The van der Waals surface area contributed by atoms with Crippen molar-refractivity contribution in [3.8, 4) is 0 Å². The smallest absolute Gasteiger partial charge is 0.222 e. The molecule has 0 bridgehead atoms. The molecule has 2 amide bonds. The standard InChI is InChI=1S/C19H37N3O5S/c1-5-11-21(12-6-2)19(24)9-7-8-18(23)20-10-13-28(25,26)22-14-16(3)27-17(4)15-22/h16-17H,5-15H2,1-4H3,(H,20,23). The quantitative estimate of drug-likeness (QED) is 0.515. The Balaban J connectivity index is 2.30. The molecular formula is C19H37N3O5S. The number of hydrogen-bond acceptors (Lipinski definition) is 5. The normalized spacial score (nSPS) is 20.7. The molecular weight excluding hydrogens is 382 g/mol. The van der Waals surface area contributed by atoms with Crippen molar-refractivity contribution < 1.29 is 22.7 Å². The number of hydrogen-bond donors (Lipinski definition) is 1. The van der Waals surface area contributed by atoms with Crippen LogP contribution in [0, 0.1) is 0 Å². The maximum atomic E-state index is 12.4. The highest BCUT2D eigenvalue weighted by atomic mass is 32.2. The van der Waals surface area contributed by atoms with Gasteiger partial charge in [-0.15, -0.1) is 0 Å². The highest BCUT2D eigenvalue weighted by Crippen LogP contribution is 2.14. The number of rotatable bonds is 12. The second-order valence-electron chi connectivity index (χ2n) is 7.47. The van der Waals surface area contributed by atoms with Crippen molar-refractivity contribution in [3.63, 3.8) is 0 Å². The van der Waals surface area contributed by atoms with E-state index in [1.165, 1.54) is 4.31 Å². The van der Waals surface area contributed by atoms with E-state index in [-0.39, 0.29) is 42.7 Å². The highest BCUT2D eigenvalue weighted by Gasteiger charge is 2.30. The average molecular weight is 420 g/mol. The molecule has 0 radical (unpaired) electrons. The lowest BCUT2D eigenvalue weighted by Crippen LogP contribution is -2.49. The van der Waals surface area contributed by atoms with Crippen LogP contribution in [-0.2, 0) is 24.3 Å². The first-order valence-electron chi connectivity index (χ1n) is 10.4. The molecule has 2 unspecified atom stereocenters. The molecule has 1 heterocycles. The van der Waals surface area contributed by atoms with Crippen LogP contribution >= 0.6 is 0 Å². The van der Waals surface area contributed by atoms with E-state index in [0.29, 0.717) is 25.9 Å². The van der Waals surface area contributed by atoms with Gasteiger partial charge in [-0.25, -0.2) is 8.42 Å². The van der Waals surface area contributed by atoms with E-state index in [1.54, 1.807) is 0 Å². The molecule has 0 aromatic rings. The van der Waals surface area contributed by atoms with Gasteiger partial charge in [-0.05, 0) is 33.1 Å². The van der Waals surface area contributed by atoms with E-state index in [1.807, 2.05) is 32.6 Å². The molecule has 0 spiro atoms. The van der Waals surface area contributed by atoms with Crippen molar-refractivity contribution in [2.75, 3.05) is 38.5 Å². The molecule has 1 N–H and O–H groups in total. The average Bonchev–Trinajstić information content (AvgIpc) is 2.60. The third kappa shape index (κ3) is 8.87. The zero-order valence-electron chi connectivity index (χ0n) is 17.8. The van der Waals surface area contributed by atoms with Crippen LogP contribution in [0.4, 0.5) is 0 Å². The van der Waals surface area contributed by atoms with Crippen LogP contribution in [0.25, 0.3) is 0 Å². The summed E-state index contributed by atoms with van der Waals surface area (Å²) < 4.78 is 31.9. The Morgan fingerprint density at radius 1 is 1.07 bits per heavy atom. The van der Waals surface area contributed by atoms with E-state index in [2.05, 4.69) is 5.32 Å². The maximum absolute atomic E-state index is 12.4. The Bertz CT molecular complexity index is 580. The zero-order chi connectivity index (χ0) is 21.2. The zero-order valence-corrected chi connectivity index (χ0v) is 18.6. The van der Waals surface area contributed by atoms with E-state index >= 15 is 0 Å². The van der Waals surface area contributed by atoms with Gasteiger partial charge < -0.3 is 15.0 Å². The number of sulfonamides is 1. The summed E-state index contributed by atoms with van der Waals surface area (Å²) in [5.41, 5.74) is 0. The highest BCUT2D eigenvalue weighted by molar-refractivity contribution is 7.89. The van der Waals surface area contributed by atoms with E-state index in [4.69, 9.17) is 4.74 Å². The van der Waals surface area contributed by atoms with Crippen molar-refractivity contribution in [3.05, 3.63) is 0 Å². The summed E-state index contributed by atoms with van der Waals surface area (Å²) >= 11 is 0. The lowest BCUT2D eigenvalue weighted by Gasteiger charge is -2.34. The largest absolute Gasteiger partial charge is 0.373 e. The Labute approximate surface area is 170 Å². The first kappa shape index (κ1) is 24.8. The number of nitrogens with one attached hydrogen (secondary N) is 1. The number of nitrogens with zero attached hydrogens (tertiary/aromatic N) is 2. The summed E-state index contributed by atoms with van der Waals surface area (Å²) in [5.74, 6) is -0.267. The van der Waals surface area contributed by atoms with Gasteiger partial charge in [-0.1, -0.05) is 13.8 Å². The van der Waals surface area contributed by atoms with Gasteiger partial charge in [0.05, 0.1) is 18.0 Å². The number of morpholine rings is 1. The van der Waals surface area contributed by atoms with Crippen LogP contribution in [0.3, 0.4) is 0 Å². The van der Waals surface area contributed by atoms with Crippen LogP contribution in [0.2, 0.25) is 0 Å². The van der Waals surface area contributed by atoms with Gasteiger partial charge in [0.2, 0.25) is 21.8 Å². The number of ether oxygens (including phenoxy) is 1. The fourth-order valence-electron chi connectivity index (χ4n) is 3.35. The monoisotopic (exact) mass is 419 g/mol. The van der Waals surface area contributed by atoms with E-state index < -0.39 is 10.0 Å². The molecule has 1 aliphatic heterocycles. The summed E-state index contributed by atoms with van der Waals surface area (Å²) in [6, 6.07) is 0. The van der Waals surface area contributed by atoms with Crippen molar-refractivity contribution in [2.45, 2.75) is 72.0 Å². The number of amides is 2. The van der Waals surface area contributed by atoms with Gasteiger partial charge in [-0.3, -0.25) is 9.59 Å². The third-order valence-corrected chi connectivity index (χ3v) is 6.40. The van der Waals surface area contributed by atoms with Gasteiger partial charge in [-0.2, -0.15) is 4.31 Å². The lowest BCUT2D eigenvalue weighted by molar-refractivity contribution is -0.131. The van der Waals surface area contributed by atoms with Crippen LogP contribution in [-0.4, -0.2) is 80.1 Å². The van der Waals surface area contributed by atoms with E-state index in [9.17, 15) is 18.0 Å². The molecule has 1 rings (SSSR count). The molecule has 28 heavy (non-hydrogen) atoms. The summed E-state index contributed by atoms with van der Waals surface area (Å²) in [5, 5.41) is 2.65. The van der Waals surface area contributed by atoms with Gasteiger partial charge in [0.25, 0.3) is 0 Å². The summed E-state index contributed by atoms with van der Waals surface area (Å²) in [6.45, 7) is 10.0. The Kier molecular flexibility index (Phi) is 11.0. The molecule has 1 fully saturated rings. The van der Waals surface area contributed by atoms with Crippen LogP contribution < -0.4 is 5.32 Å². The Morgan fingerprint density at radius 3 is 2.18 bits per heavy atom. The van der Waals surface area contributed by atoms with Crippen LogP contribution in [0.15, 0.2) is 0 Å². The summed E-state index contributed by atoms with van der Waals surface area (Å²) in [6.07, 6.45) is 2.61. The van der Waals surface area contributed by atoms with Crippen LogP contribution in [0.5, 0.6) is 0 Å². The molecule has 0 saturated carbocycles. The number of carbonyl (C=O) groups excluding carboxylic acids is 2. The van der Waals surface area contributed by atoms with Crippen molar-refractivity contribution >= 4 is 21.8 Å². The van der Waals surface area contributed by atoms with Crippen molar-refractivity contribution in [1.82, 2.24) is 14.5 Å². The van der Waals surface area contributed by atoms with Gasteiger partial charge in [0.15, 0.2) is 0 Å². The molecule has 1 saturated heterocycles. The summed E-state index contributed by atoms with van der Waals surface area (Å²) in [7, 11) is -3.42. The van der Waals surface area contributed by atoms with Crippen molar-refractivity contribution in [2.24, 2.45) is 0 Å². The first-order valence-corrected chi connectivity index (χ1v) is 12.0. The lowest BCUT2D eigenvalue weighted by atomic mass is 10.2. The molecule has 164 valence electrons. The molecule has 0 aromatic heterocycles. The van der Waals surface area contributed by atoms with Gasteiger partial charge in [0, 0.05) is 45.6 Å². The fraction of sp³-hybridized carbons (Fsp3) is 0.895. The predicted molar refractivity (Wildman–Crippen MR) is 109 cm³/mol. The van der Waals surface area contributed by atoms with Crippen LogP contribution in [0.1, 0.15) is 59.8 Å². The minimum atomic E-state index is -3.42. The maximum Gasteiger partial charge on any atom is 0.222 e. The second kappa shape index (κ2) is 12.4. The first-order chi connectivity index (χ1) is 13.2. The minimum absolute atomic E-state index is 0.0764. The molecule has 9 heteroatoms. The number of carbonyl (C=O) groups is 2. The molecule has 0 aliphatic carbocycles. The second-order valence-corrected chi connectivity index (χ2v) is 9.56. The predicted octanol–water partition coefficient (Wildman–Crippen LogP) is 1.36. The SMILES string of the molecule is CCCN(CCC)C(=O)CCCC(=O)NCCS(=O)(=O)N1CC(C)OC(C)C1.